The molecule has 0 saturated carbocycles. The number of aliphatic hydroxyl groups excluding tert-OH is 1. The average Bonchev–Trinajstić information content (AvgIpc) is 2.84. The normalized spacial score (nSPS) is 25.1. The summed E-state index contributed by atoms with van der Waals surface area (Å²) in [6.45, 7) is 4.89. The van der Waals surface area contributed by atoms with E-state index in [1.54, 1.807) is 12.4 Å². The maximum absolute atomic E-state index is 10.5. The van der Waals surface area contributed by atoms with E-state index in [1.165, 1.54) is 6.42 Å². The maximum atomic E-state index is 10.5. The molecule has 2 unspecified atom stereocenters. The molecule has 1 fully saturated rings. The fourth-order valence-electron chi connectivity index (χ4n) is 2.25. The topological polar surface area (TPSA) is 42.4 Å². The van der Waals surface area contributed by atoms with Gasteiger partial charge in [-0.05, 0) is 38.0 Å². The standard InChI is InChI=1S/C14H21NO2S/c1-3-6-17-12-8-11(9-15-10-12)13(16)14(2)5-4-7-18-14/h8-10,13,16H,3-7H2,1-2H3. The number of pyridine rings is 1. The molecule has 18 heavy (non-hydrogen) atoms. The second-order valence-corrected chi connectivity index (χ2v) is 6.60. The van der Waals surface area contributed by atoms with Gasteiger partial charge in [-0.15, -0.1) is 0 Å². The second-order valence-electron chi connectivity index (χ2n) is 4.97. The molecule has 0 amide bonds. The molecule has 0 radical (unpaired) electrons. The van der Waals surface area contributed by atoms with Crippen LogP contribution in [0.25, 0.3) is 0 Å². The molecule has 1 saturated heterocycles. The minimum absolute atomic E-state index is 0.0783. The van der Waals surface area contributed by atoms with Crippen molar-refractivity contribution < 1.29 is 9.84 Å². The Morgan fingerprint density at radius 1 is 1.56 bits per heavy atom. The molecule has 1 aliphatic rings. The van der Waals surface area contributed by atoms with Crippen LogP contribution in [0.3, 0.4) is 0 Å². The monoisotopic (exact) mass is 267 g/mol. The minimum Gasteiger partial charge on any atom is -0.492 e. The van der Waals surface area contributed by atoms with Crippen LogP contribution in [-0.2, 0) is 0 Å². The molecule has 1 aromatic heterocycles. The van der Waals surface area contributed by atoms with Gasteiger partial charge in [0, 0.05) is 16.5 Å². The van der Waals surface area contributed by atoms with E-state index in [4.69, 9.17) is 4.74 Å². The SMILES string of the molecule is CCCOc1cncc(C(O)C2(C)CCCS2)c1. The molecule has 1 aliphatic heterocycles. The number of thioether (sulfide) groups is 1. The van der Waals surface area contributed by atoms with E-state index in [9.17, 15) is 5.11 Å². The van der Waals surface area contributed by atoms with E-state index in [0.29, 0.717) is 6.61 Å². The van der Waals surface area contributed by atoms with E-state index in [2.05, 4.69) is 18.8 Å². The van der Waals surface area contributed by atoms with Crippen LogP contribution in [0, 0.1) is 0 Å². The van der Waals surface area contributed by atoms with Gasteiger partial charge in [-0.1, -0.05) is 6.92 Å². The molecule has 3 nitrogen and oxygen atoms in total. The molecular weight excluding hydrogens is 246 g/mol. The largest absolute Gasteiger partial charge is 0.492 e. The van der Waals surface area contributed by atoms with Crippen LogP contribution in [-0.4, -0.2) is 27.2 Å². The molecule has 0 aliphatic carbocycles. The van der Waals surface area contributed by atoms with Gasteiger partial charge in [-0.25, -0.2) is 0 Å². The zero-order chi connectivity index (χ0) is 13.0. The van der Waals surface area contributed by atoms with Gasteiger partial charge >= 0.3 is 0 Å². The fourth-order valence-corrected chi connectivity index (χ4v) is 3.59. The number of hydrogen-bond donors (Lipinski definition) is 1. The van der Waals surface area contributed by atoms with Crippen molar-refractivity contribution in [1.82, 2.24) is 4.98 Å². The van der Waals surface area contributed by atoms with Crippen molar-refractivity contribution in [3.8, 4) is 5.75 Å². The molecule has 4 heteroatoms. The molecule has 1 N–H and O–H groups in total. The van der Waals surface area contributed by atoms with Gasteiger partial charge in [0.2, 0.25) is 0 Å². The zero-order valence-corrected chi connectivity index (χ0v) is 11.9. The van der Waals surface area contributed by atoms with Crippen LogP contribution in [0.4, 0.5) is 0 Å². The smallest absolute Gasteiger partial charge is 0.137 e. The highest BCUT2D eigenvalue weighted by Gasteiger charge is 2.37. The first kappa shape index (κ1) is 13.7. The number of aliphatic hydroxyl groups is 1. The van der Waals surface area contributed by atoms with Gasteiger partial charge in [-0.3, -0.25) is 4.98 Å². The Hall–Kier alpha value is -0.740. The number of hydrogen-bond acceptors (Lipinski definition) is 4. The summed E-state index contributed by atoms with van der Waals surface area (Å²) in [7, 11) is 0. The third kappa shape index (κ3) is 2.98. The van der Waals surface area contributed by atoms with Gasteiger partial charge in [0.05, 0.1) is 18.9 Å². The Morgan fingerprint density at radius 3 is 3.06 bits per heavy atom. The van der Waals surface area contributed by atoms with Crippen LogP contribution in [0.15, 0.2) is 18.5 Å². The summed E-state index contributed by atoms with van der Waals surface area (Å²) < 4.78 is 5.48. The molecule has 1 aromatic rings. The van der Waals surface area contributed by atoms with Crippen molar-refractivity contribution >= 4 is 11.8 Å². The first-order chi connectivity index (χ1) is 8.65. The molecule has 100 valence electrons. The third-order valence-corrected chi connectivity index (χ3v) is 4.93. The Labute approximate surface area is 113 Å². The lowest BCUT2D eigenvalue weighted by molar-refractivity contribution is 0.134. The summed E-state index contributed by atoms with van der Waals surface area (Å²) in [4.78, 5) is 4.17. The van der Waals surface area contributed by atoms with Crippen LogP contribution in [0.2, 0.25) is 0 Å². The van der Waals surface area contributed by atoms with E-state index < -0.39 is 6.10 Å². The van der Waals surface area contributed by atoms with Crippen LogP contribution in [0.5, 0.6) is 5.75 Å². The predicted octanol–water partition coefficient (Wildman–Crippen LogP) is 3.19. The number of rotatable bonds is 5. The van der Waals surface area contributed by atoms with E-state index in [0.717, 1.165) is 29.9 Å². The van der Waals surface area contributed by atoms with Crippen molar-refractivity contribution in [1.29, 1.82) is 0 Å². The van der Waals surface area contributed by atoms with Crippen LogP contribution in [0.1, 0.15) is 44.8 Å². The van der Waals surface area contributed by atoms with Gasteiger partial charge in [0.25, 0.3) is 0 Å². The number of aromatic nitrogens is 1. The number of nitrogens with zero attached hydrogens (tertiary/aromatic N) is 1. The van der Waals surface area contributed by atoms with E-state index in [1.807, 2.05) is 17.8 Å². The quantitative estimate of drug-likeness (QED) is 0.889. The minimum atomic E-state index is -0.470. The Morgan fingerprint density at radius 2 is 2.39 bits per heavy atom. The molecule has 0 spiro atoms. The summed E-state index contributed by atoms with van der Waals surface area (Å²) in [6, 6.07) is 1.91. The van der Waals surface area contributed by atoms with Crippen molar-refractivity contribution in [2.24, 2.45) is 0 Å². The molecule has 2 atom stereocenters. The van der Waals surface area contributed by atoms with Crippen molar-refractivity contribution in [2.75, 3.05) is 12.4 Å². The molecular formula is C14H21NO2S. The third-order valence-electron chi connectivity index (χ3n) is 3.35. The summed E-state index contributed by atoms with van der Waals surface area (Å²) >= 11 is 1.85. The van der Waals surface area contributed by atoms with Crippen LogP contribution >= 0.6 is 11.8 Å². The average molecular weight is 267 g/mol. The highest BCUT2D eigenvalue weighted by molar-refractivity contribution is 8.00. The van der Waals surface area contributed by atoms with Crippen molar-refractivity contribution in [2.45, 2.75) is 44.0 Å². The van der Waals surface area contributed by atoms with Gasteiger partial charge in [0.1, 0.15) is 5.75 Å². The Balaban J connectivity index is 2.12. The molecule has 0 aromatic carbocycles. The second kappa shape index (κ2) is 5.93. The predicted molar refractivity (Wildman–Crippen MR) is 75.1 cm³/mol. The summed E-state index contributed by atoms with van der Waals surface area (Å²) in [5, 5.41) is 10.5. The Bertz CT molecular complexity index is 391. The maximum Gasteiger partial charge on any atom is 0.137 e. The first-order valence-corrected chi connectivity index (χ1v) is 7.54. The summed E-state index contributed by atoms with van der Waals surface area (Å²) in [6.07, 6.45) is 6.18. The van der Waals surface area contributed by atoms with Crippen molar-refractivity contribution in [3.63, 3.8) is 0 Å². The van der Waals surface area contributed by atoms with Gasteiger partial charge < -0.3 is 9.84 Å². The Kier molecular flexibility index (Phi) is 4.51. The lowest BCUT2D eigenvalue weighted by atomic mass is 9.94. The van der Waals surface area contributed by atoms with Crippen LogP contribution < -0.4 is 4.74 Å². The van der Waals surface area contributed by atoms with Gasteiger partial charge in [-0.2, -0.15) is 11.8 Å². The molecule has 2 heterocycles. The van der Waals surface area contributed by atoms with E-state index >= 15 is 0 Å². The molecule has 0 bridgehead atoms. The summed E-state index contributed by atoms with van der Waals surface area (Å²) in [5.41, 5.74) is 0.862. The zero-order valence-electron chi connectivity index (χ0n) is 11.1. The fraction of sp³-hybridized carbons (Fsp3) is 0.643. The summed E-state index contributed by atoms with van der Waals surface area (Å²) in [5.74, 6) is 1.88. The number of ether oxygens (including phenoxy) is 1. The lowest BCUT2D eigenvalue weighted by Gasteiger charge is -2.29. The highest BCUT2D eigenvalue weighted by Crippen LogP contribution is 2.46. The lowest BCUT2D eigenvalue weighted by Crippen LogP contribution is -2.26. The highest BCUT2D eigenvalue weighted by atomic mass is 32.2. The van der Waals surface area contributed by atoms with E-state index in [-0.39, 0.29) is 4.75 Å². The first-order valence-electron chi connectivity index (χ1n) is 6.55. The van der Waals surface area contributed by atoms with Gasteiger partial charge in [0.15, 0.2) is 0 Å². The van der Waals surface area contributed by atoms with Crippen molar-refractivity contribution in [3.05, 3.63) is 24.0 Å². The molecule has 2 rings (SSSR count).